The summed E-state index contributed by atoms with van der Waals surface area (Å²) in [4.78, 5) is 16.3. The highest BCUT2D eigenvalue weighted by molar-refractivity contribution is 5.76. The predicted octanol–water partition coefficient (Wildman–Crippen LogP) is 1.96. The Bertz CT molecular complexity index is 420. The molecule has 4 nitrogen and oxygen atoms in total. The quantitative estimate of drug-likeness (QED) is 0.846. The van der Waals surface area contributed by atoms with Gasteiger partial charge in [0.05, 0.1) is 0 Å². The molecule has 0 spiro atoms. The Kier molecular flexibility index (Phi) is 4.30. The second-order valence-electron chi connectivity index (χ2n) is 5.56. The minimum Gasteiger partial charge on any atom is -0.399 e. The third-order valence-corrected chi connectivity index (χ3v) is 3.47. The zero-order chi connectivity index (χ0) is 13.8. The number of anilines is 2. The first-order valence-corrected chi connectivity index (χ1v) is 6.94. The largest absolute Gasteiger partial charge is 0.399 e. The molecule has 0 atom stereocenters. The molecule has 1 aliphatic rings. The summed E-state index contributed by atoms with van der Waals surface area (Å²) in [6.07, 6.45) is 0.655. The third kappa shape index (κ3) is 3.63. The van der Waals surface area contributed by atoms with Crippen LogP contribution in [-0.4, -0.2) is 37.0 Å². The van der Waals surface area contributed by atoms with Gasteiger partial charge in [0.1, 0.15) is 0 Å². The monoisotopic (exact) mass is 261 g/mol. The lowest BCUT2D eigenvalue weighted by atomic mass is 10.1. The molecule has 0 aliphatic carbocycles. The SMILES string of the molecule is CC(C)CC(=O)N1CCN(c2ccc(N)cc2)CC1. The smallest absolute Gasteiger partial charge is 0.222 e. The number of nitrogens with two attached hydrogens (primary N) is 1. The van der Waals surface area contributed by atoms with Crippen LogP contribution < -0.4 is 10.6 Å². The molecule has 0 unspecified atom stereocenters. The van der Waals surface area contributed by atoms with Gasteiger partial charge in [-0.05, 0) is 30.2 Å². The lowest BCUT2D eigenvalue weighted by Crippen LogP contribution is -2.49. The zero-order valence-corrected chi connectivity index (χ0v) is 11.8. The number of piperazine rings is 1. The van der Waals surface area contributed by atoms with E-state index in [1.165, 1.54) is 5.69 Å². The Labute approximate surface area is 115 Å². The summed E-state index contributed by atoms with van der Waals surface area (Å²) in [5, 5.41) is 0. The van der Waals surface area contributed by atoms with Crippen molar-refractivity contribution in [3.05, 3.63) is 24.3 Å². The molecule has 0 bridgehead atoms. The summed E-state index contributed by atoms with van der Waals surface area (Å²) in [6.45, 7) is 7.60. The van der Waals surface area contributed by atoms with E-state index in [2.05, 4.69) is 18.7 Å². The molecule has 104 valence electrons. The number of rotatable bonds is 3. The zero-order valence-electron chi connectivity index (χ0n) is 11.8. The molecule has 1 heterocycles. The Morgan fingerprint density at radius 1 is 1.16 bits per heavy atom. The molecule has 2 N–H and O–H groups in total. The van der Waals surface area contributed by atoms with Gasteiger partial charge in [-0.15, -0.1) is 0 Å². The summed E-state index contributed by atoms with van der Waals surface area (Å²) in [5.74, 6) is 0.717. The molecule has 0 aromatic heterocycles. The minimum absolute atomic E-state index is 0.284. The topological polar surface area (TPSA) is 49.6 Å². The summed E-state index contributed by atoms with van der Waals surface area (Å²) in [6, 6.07) is 7.93. The second kappa shape index (κ2) is 5.95. The van der Waals surface area contributed by atoms with Crippen LogP contribution in [0.4, 0.5) is 11.4 Å². The molecule has 4 heteroatoms. The Balaban J connectivity index is 1.88. The second-order valence-corrected chi connectivity index (χ2v) is 5.56. The fraction of sp³-hybridized carbons (Fsp3) is 0.533. The molecule has 19 heavy (non-hydrogen) atoms. The van der Waals surface area contributed by atoms with Crippen molar-refractivity contribution in [3.63, 3.8) is 0 Å². The van der Waals surface area contributed by atoms with Crippen LogP contribution in [0.1, 0.15) is 20.3 Å². The van der Waals surface area contributed by atoms with Gasteiger partial charge < -0.3 is 15.5 Å². The number of nitrogen functional groups attached to an aromatic ring is 1. The highest BCUT2D eigenvalue weighted by Gasteiger charge is 2.21. The van der Waals surface area contributed by atoms with Crippen LogP contribution in [0.15, 0.2) is 24.3 Å². The lowest BCUT2D eigenvalue weighted by molar-refractivity contribution is -0.132. The maximum Gasteiger partial charge on any atom is 0.222 e. The first-order valence-electron chi connectivity index (χ1n) is 6.94. The molecule has 1 aromatic rings. The summed E-state index contributed by atoms with van der Waals surface area (Å²) in [7, 11) is 0. The molecule has 0 saturated carbocycles. The van der Waals surface area contributed by atoms with Crippen molar-refractivity contribution in [2.24, 2.45) is 5.92 Å². The molecule has 1 amide bonds. The Hall–Kier alpha value is -1.71. The summed E-state index contributed by atoms with van der Waals surface area (Å²) < 4.78 is 0. The number of hydrogen-bond acceptors (Lipinski definition) is 3. The molecule has 1 saturated heterocycles. The first kappa shape index (κ1) is 13.7. The van der Waals surface area contributed by atoms with E-state index in [1.807, 2.05) is 29.2 Å². The van der Waals surface area contributed by atoms with E-state index in [-0.39, 0.29) is 5.91 Å². The number of carbonyl (C=O) groups excluding carboxylic acids is 1. The van der Waals surface area contributed by atoms with Gasteiger partial charge in [0.25, 0.3) is 0 Å². The molecule has 0 radical (unpaired) electrons. The predicted molar refractivity (Wildman–Crippen MR) is 79.1 cm³/mol. The number of hydrogen-bond donors (Lipinski definition) is 1. The van der Waals surface area contributed by atoms with E-state index in [1.54, 1.807) is 0 Å². The molecule has 1 aromatic carbocycles. The summed E-state index contributed by atoms with van der Waals surface area (Å²) in [5.41, 5.74) is 7.66. The van der Waals surface area contributed by atoms with E-state index < -0.39 is 0 Å². The number of nitrogens with zero attached hydrogens (tertiary/aromatic N) is 2. The maximum atomic E-state index is 12.0. The van der Waals surface area contributed by atoms with Gasteiger partial charge in [-0.3, -0.25) is 4.79 Å². The van der Waals surface area contributed by atoms with Crippen LogP contribution in [-0.2, 0) is 4.79 Å². The molecule has 2 rings (SSSR count). The highest BCUT2D eigenvalue weighted by Crippen LogP contribution is 2.18. The van der Waals surface area contributed by atoms with E-state index >= 15 is 0 Å². The molecular formula is C15H23N3O. The van der Waals surface area contributed by atoms with Crippen LogP contribution in [0.5, 0.6) is 0 Å². The van der Waals surface area contributed by atoms with Crippen molar-refractivity contribution >= 4 is 17.3 Å². The van der Waals surface area contributed by atoms with Crippen molar-refractivity contribution in [3.8, 4) is 0 Å². The lowest BCUT2D eigenvalue weighted by Gasteiger charge is -2.36. The van der Waals surface area contributed by atoms with E-state index in [4.69, 9.17) is 5.73 Å². The van der Waals surface area contributed by atoms with Crippen LogP contribution >= 0.6 is 0 Å². The highest BCUT2D eigenvalue weighted by atomic mass is 16.2. The Morgan fingerprint density at radius 2 is 1.74 bits per heavy atom. The first-order chi connectivity index (χ1) is 9.06. The average molecular weight is 261 g/mol. The Morgan fingerprint density at radius 3 is 2.26 bits per heavy atom. The molecular weight excluding hydrogens is 238 g/mol. The number of benzene rings is 1. The fourth-order valence-electron chi connectivity index (χ4n) is 2.38. The van der Waals surface area contributed by atoms with Crippen LogP contribution in [0.25, 0.3) is 0 Å². The molecule has 1 aliphatic heterocycles. The van der Waals surface area contributed by atoms with Gasteiger partial charge in [-0.1, -0.05) is 13.8 Å². The van der Waals surface area contributed by atoms with E-state index in [0.717, 1.165) is 31.9 Å². The van der Waals surface area contributed by atoms with Crippen molar-refractivity contribution in [1.29, 1.82) is 0 Å². The van der Waals surface area contributed by atoms with Gasteiger partial charge in [0.2, 0.25) is 5.91 Å². The molecule has 1 fully saturated rings. The van der Waals surface area contributed by atoms with E-state index in [0.29, 0.717) is 12.3 Å². The van der Waals surface area contributed by atoms with Crippen molar-refractivity contribution < 1.29 is 4.79 Å². The summed E-state index contributed by atoms with van der Waals surface area (Å²) >= 11 is 0. The number of amides is 1. The normalized spacial score (nSPS) is 15.9. The van der Waals surface area contributed by atoms with Crippen LogP contribution in [0.3, 0.4) is 0 Å². The van der Waals surface area contributed by atoms with E-state index in [9.17, 15) is 4.79 Å². The van der Waals surface area contributed by atoms with Crippen molar-refractivity contribution in [1.82, 2.24) is 4.90 Å². The minimum atomic E-state index is 0.284. The van der Waals surface area contributed by atoms with Crippen LogP contribution in [0, 0.1) is 5.92 Å². The van der Waals surface area contributed by atoms with Gasteiger partial charge in [0.15, 0.2) is 0 Å². The third-order valence-electron chi connectivity index (χ3n) is 3.47. The van der Waals surface area contributed by atoms with Gasteiger partial charge >= 0.3 is 0 Å². The van der Waals surface area contributed by atoms with Gasteiger partial charge in [0, 0.05) is 44.0 Å². The van der Waals surface area contributed by atoms with Crippen molar-refractivity contribution in [2.45, 2.75) is 20.3 Å². The van der Waals surface area contributed by atoms with Gasteiger partial charge in [-0.25, -0.2) is 0 Å². The number of carbonyl (C=O) groups is 1. The standard InChI is InChI=1S/C15H23N3O/c1-12(2)11-15(19)18-9-7-17(8-10-18)14-5-3-13(16)4-6-14/h3-6,12H,7-11,16H2,1-2H3. The van der Waals surface area contributed by atoms with Crippen LogP contribution in [0.2, 0.25) is 0 Å². The van der Waals surface area contributed by atoms with Crippen molar-refractivity contribution in [2.75, 3.05) is 36.8 Å². The average Bonchev–Trinajstić information content (AvgIpc) is 2.39. The fourth-order valence-corrected chi connectivity index (χ4v) is 2.38. The van der Waals surface area contributed by atoms with Gasteiger partial charge in [-0.2, -0.15) is 0 Å². The maximum absolute atomic E-state index is 12.0.